The number of nitrogen functional groups attached to an aromatic ring is 1. The average Bonchev–Trinajstić information content (AvgIpc) is 3.04. The summed E-state index contributed by atoms with van der Waals surface area (Å²) >= 11 is 5.92. The molecule has 21 heavy (non-hydrogen) atoms. The molecule has 0 spiro atoms. The Morgan fingerprint density at radius 1 is 1.19 bits per heavy atom. The van der Waals surface area contributed by atoms with E-state index in [0.29, 0.717) is 22.3 Å². The van der Waals surface area contributed by atoms with Crippen molar-refractivity contribution in [3.8, 4) is 0 Å². The third-order valence-electron chi connectivity index (χ3n) is 4.58. The highest BCUT2D eigenvalue weighted by atomic mass is 35.5. The molecule has 0 aromatic heterocycles. The van der Waals surface area contributed by atoms with E-state index in [-0.39, 0.29) is 5.91 Å². The van der Waals surface area contributed by atoms with Gasteiger partial charge in [-0.25, -0.2) is 0 Å². The number of likely N-dealkylation sites (tertiary alicyclic amines) is 2. The molecule has 3 rings (SSSR count). The molecule has 0 aliphatic carbocycles. The molecule has 2 aliphatic heterocycles. The lowest BCUT2D eigenvalue weighted by molar-refractivity contribution is 0.0608. The molecular formula is C16H22ClN3O. The van der Waals surface area contributed by atoms with Crippen LogP contribution in [0, 0.1) is 0 Å². The zero-order valence-electron chi connectivity index (χ0n) is 12.2. The molecule has 2 aliphatic rings. The number of piperidine rings is 1. The van der Waals surface area contributed by atoms with Gasteiger partial charge in [-0.15, -0.1) is 0 Å². The van der Waals surface area contributed by atoms with Crippen LogP contribution in [-0.2, 0) is 0 Å². The summed E-state index contributed by atoms with van der Waals surface area (Å²) in [6.07, 6.45) is 4.86. The molecule has 4 nitrogen and oxygen atoms in total. The van der Waals surface area contributed by atoms with Gasteiger partial charge in [0.1, 0.15) is 0 Å². The Morgan fingerprint density at radius 3 is 2.67 bits per heavy atom. The number of carbonyl (C=O) groups is 1. The molecule has 2 saturated heterocycles. The van der Waals surface area contributed by atoms with Gasteiger partial charge >= 0.3 is 0 Å². The number of rotatable bonds is 2. The molecule has 5 heteroatoms. The average molecular weight is 308 g/mol. The summed E-state index contributed by atoms with van der Waals surface area (Å²) < 4.78 is 0. The number of amides is 1. The Labute approximate surface area is 130 Å². The van der Waals surface area contributed by atoms with Crippen molar-refractivity contribution in [3.05, 3.63) is 28.8 Å². The Bertz CT molecular complexity index is 528. The van der Waals surface area contributed by atoms with Crippen LogP contribution >= 0.6 is 11.6 Å². The van der Waals surface area contributed by atoms with Gasteiger partial charge in [0.2, 0.25) is 0 Å². The van der Waals surface area contributed by atoms with E-state index in [1.54, 1.807) is 18.2 Å². The van der Waals surface area contributed by atoms with Crippen molar-refractivity contribution in [3.63, 3.8) is 0 Å². The molecule has 0 radical (unpaired) electrons. The lowest BCUT2D eigenvalue weighted by Gasteiger charge is -2.37. The monoisotopic (exact) mass is 307 g/mol. The molecule has 2 fully saturated rings. The van der Waals surface area contributed by atoms with Crippen LogP contribution < -0.4 is 5.73 Å². The quantitative estimate of drug-likeness (QED) is 0.855. The molecule has 2 N–H and O–H groups in total. The van der Waals surface area contributed by atoms with Crippen molar-refractivity contribution >= 4 is 23.2 Å². The zero-order valence-corrected chi connectivity index (χ0v) is 13.0. The summed E-state index contributed by atoms with van der Waals surface area (Å²) in [6.45, 7) is 4.04. The molecule has 1 amide bonds. The lowest BCUT2D eigenvalue weighted by atomic mass is 10.0. The van der Waals surface area contributed by atoms with E-state index in [0.717, 1.165) is 19.5 Å². The predicted molar refractivity (Wildman–Crippen MR) is 85.6 cm³/mol. The summed E-state index contributed by atoms with van der Waals surface area (Å²) in [6, 6.07) is 5.67. The highest BCUT2D eigenvalue weighted by Gasteiger charge is 2.29. The third-order valence-corrected chi connectivity index (χ3v) is 4.93. The van der Waals surface area contributed by atoms with Crippen molar-refractivity contribution in [2.45, 2.75) is 31.7 Å². The lowest BCUT2D eigenvalue weighted by Crippen LogP contribution is -2.49. The van der Waals surface area contributed by atoms with E-state index in [2.05, 4.69) is 4.90 Å². The maximum absolute atomic E-state index is 12.6. The number of nitrogens with zero attached hydrogens (tertiary/aromatic N) is 2. The molecule has 1 unspecified atom stereocenters. The van der Waals surface area contributed by atoms with Gasteiger partial charge in [-0.2, -0.15) is 0 Å². The summed E-state index contributed by atoms with van der Waals surface area (Å²) in [5.41, 5.74) is 6.91. The van der Waals surface area contributed by atoms with Crippen molar-refractivity contribution in [1.82, 2.24) is 9.80 Å². The number of benzene rings is 1. The van der Waals surface area contributed by atoms with E-state index in [4.69, 9.17) is 17.3 Å². The van der Waals surface area contributed by atoms with Crippen LogP contribution in [0.1, 0.15) is 36.0 Å². The van der Waals surface area contributed by atoms with Crippen molar-refractivity contribution < 1.29 is 4.79 Å². The molecule has 1 atom stereocenters. The van der Waals surface area contributed by atoms with E-state index in [1.807, 2.05) is 4.90 Å². The fourth-order valence-corrected chi connectivity index (χ4v) is 3.52. The van der Waals surface area contributed by atoms with Gasteiger partial charge in [0.15, 0.2) is 0 Å². The normalized spacial score (nSPS) is 23.5. The minimum atomic E-state index is 0.0715. The number of halogens is 1. The van der Waals surface area contributed by atoms with E-state index in [9.17, 15) is 4.79 Å². The van der Waals surface area contributed by atoms with Crippen LogP contribution in [-0.4, -0.2) is 47.9 Å². The maximum atomic E-state index is 12.6. The summed E-state index contributed by atoms with van der Waals surface area (Å²) in [4.78, 5) is 17.1. The summed E-state index contributed by atoms with van der Waals surface area (Å²) in [5, 5.41) is 0.500. The van der Waals surface area contributed by atoms with Gasteiger partial charge in [-0.3, -0.25) is 9.69 Å². The maximum Gasteiger partial charge on any atom is 0.253 e. The number of carbonyl (C=O) groups excluding carboxylic acids is 1. The van der Waals surface area contributed by atoms with Gasteiger partial charge in [0.25, 0.3) is 5.91 Å². The Hall–Kier alpha value is -1.26. The first-order valence-electron chi connectivity index (χ1n) is 7.73. The van der Waals surface area contributed by atoms with Crippen LogP contribution in [0.2, 0.25) is 5.02 Å². The second-order valence-electron chi connectivity index (χ2n) is 6.03. The SMILES string of the molecule is Nc1cc(C(=O)N2CCCC(N3CCCC3)C2)ccc1Cl. The van der Waals surface area contributed by atoms with E-state index < -0.39 is 0 Å². The molecule has 2 heterocycles. The number of hydrogen-bond acceptors (Lipinski definition) is 3. The second kappa shape index (κ2) is 6.24. The van der Waals surface area contributed by atoms with E-state index in [1.165, 1.54) is 32.4 Å². The minimum absolute atomic E-state index is 0.0715. The largest absolute Gasteiger partial charge is 0.398 e. The molecule has 1 aromatic carbocycles. The summed E-state index contributed by atoms with van der Waals surface area (Å²) in [7, 11) is 0. The summed E-state index contributed by atoms with van der Waals surface area (Å²) in [5.74, 6) is 0.0715. The minimum Gasteiger partial charge on any atom is -0.398 e. The van der Waals surface area contributed by atoms with Crippen molar-refractivity contribution in [2.24, 2.45) is 0 Å². The standard InChI is InChI=1S/C16H22ClN3O/c17-14-6-5-12(10-15(14)18)16(21)20-9-3-4-13(11-20)19-7-1-2-8-19/h5-6,10,13H,1-4,7-9,11,18H2. The van der Waals surface area contributed by atoms with Crippen LogP contribution in [0.3, 0.4) is 0 Å². The Balaban J connectivity index is 1.70. The first-order valence-corrected chi connectivity index (χ1v) is 8.11. The van der Waals surface area contributed by atoms with Crippen LogP contribution in [0.5, 0.6) is 0 Å². The number of anilines is 1. The smallest absolute Gasteiger partial charge is 0.253 e. The van der Waals surface area contributed by atoms with Gasteiger partial charge in [0.05, 0.1) is 10.7 Å². The highest BCUT2D eigenvalue weighted by molar-refractivity contribution is 6.33. The Kier molecular flexibility index (Phi) is 4.36. The first-order chi connectivity index (χ1) is 10.1. The molecule has 0 bridgehead atoms. The molecular weight excluding hydrogens is 286 g/mol. The fourth-order valence-electron chi connectivity index (χ4n) is 3.40. The third kappa shape index (κ3) is 3.16. The molecule has 114 valence electrons. The predicted octanol–water partition coefficient (Wildman–Crippen LogP) is 2.62. The van der Waals surface area contributed by atoms with Crippen molar-refractivity contribution in [1.29, 1.82) is 0 Å². The van der Waals surface area contributed by atoms with Gasteiger partial charge in [-0.05, 0) is 57.0 Å². The van der Waals surface area contributed by atoms with Crippen LogP contribution in [0.25, 0.3) is 0 Å². The zero-order chi connectivity index (χ0) is 14.8. The first kappa shape index (κ1) is 14.7. The molecule has 1 aromatic rings. The second-order valence-corrected chi connectivity index (χ2v) is 6.43. The highest BCUT2D eigenvalue weighted by Crippen LogP contribution is 2.24. The van der Waals surface area contributed by atoms with E-state index >= 15 is 0 Å². The fraction of sp³-hybridized carbons (Fsp3) is 0.562. The topological polar surface area (TPSA) is 49.6 Å². The van der Waals surface area contributed by atoms with Gasteiger partial charge in [-0.1, -0.05) is 11.6 Å². The van der Waals surface area contributed by atoms with Gasteiger partial charge in [0, 0.05) is 24.7 Å². The number of hydrogen-bond donors (Lipinski definition) is 1. The van der Waals surface area contributed by atoms with Crippen LogP contribution in [0.4, 0.5) is 5.69 Å². The Morgan fingerprint density at radius 2 is 1.95 bits per heavy atom. The van der Waals surface area contributed by atoms with Crippen LogP contribution in [0.15, 0.2) is 18.2 Å². The molecule has 0 saturated carbocycles. The number of nitrogens with two attached hydrogens (primary N) is 1. The van der Waals surface area contributed by atoms with Gasteiger partial charge < -0.3 is 10.6 Å². The van der Waals surface area contributed by atoms with Crippen molar-refractivity contribution in [2.75, 3.05) is 31.9 Å².